The van der Waals surface area contributed by atoms with Gasteiger partial charge in [0.05, 0.1) is 0 Å². The molecule has 0 saturated heterocycles. The number of rotatable bonds is 6. The second kappa shape index (κ2) is 8.55. The maximum absolute atomic E-state index is 6.17. The quantitative estimate of drug-likeness (QED) is 0.564. The van der Waals surface area contributed by atoms with Gasteiger partial charge in [-0.15, -0.1) is 0 Å². The lowest BCUT2D eigenvalue weighted by molar-refractivity contribution is 0.102. The molecule has 0 amide bonds. The maximum Gasteiger partial charge on any atom is 0.108 e. The molecule has 0 radical (unpaired) electrons. The molecule has 0 bridgehead atoms. The summed E-state index contributed by atoms with van der Waals surface area (Å²) < 4.78 is 6.17. The van der Waals surface area contributed by atoms with Gasteiger partial charge in [0, 0.05) is 17.4 Å². The molecule has 24 heavy (non-hydrogen) atoms. The van der Waals surface area contributed by atoms with Crippen molar-refractivity contribution in [3.63, 3.8) is 0 Å². The molecule has 3 rings (SSSR count). The van der Waals surface area contributed by atoms with Gasteiger partial charge in [-0.25, -0.2) is 0 Å². The van der Waals surface area contributed by atoms with E-state index < -0.39 is 0 Å². The van der Waals surface area contributed by atoms with Gasteiger partial charge >= 0.3 is 0 Å². The van der Waals surface area contributed by atoms with E-state index in [1.54, 1.807) is 0 Å². The molecule has 0 aliphatic carbocycles. The Labute approximate surface area is 150 Å². The van der Waals surface area contributed by atoms with E-state index in [-0.39, 0.29) is 5.44 Å². The minimum absolute atomic E-state index is 0.239. The van der Waals surface area contributed by atoms with Crippen molar-refractivity contribution < 1.29 is 4.74 Å². The van der Waals surface area contributed by atoms with Crippen LogP contribution in [0.4, 0.5) is 0 Å². The lowest BCUT2D eigenvalue weighted by atomic mass is 9.93. The van der Waals surface area contributed by atoms with Crippen molar-refractivity contribution in [2.45, 2.75) is 44.5 Å². The standard InChI is InChI=1S/C22H26OS/c1-3-4-14-23-22-16-20(18-12-10-17(2)11-13-18)15-21(24-22)19-8-6-5-7-9-19/h5-13,15,20,22H,3-4,14,16H2,1-2H3. The minimum Gasteiger partial charge on any atom is -0.367 e. The Morgan fingerprint density at radius 1 is 1.04 bits per heavy atom. The fourth-order valence-electron chi connectivity index (χ4n) is 2.96. The van der Waals surface area contributed by atoms with Gasteiger partial charge in [-0.05, 0) is 30.9 Å². The molecule has 2 aromatic rings. The minimum atomic E-state index is 0.239. The van der Waals surface area contributed by atoms with Crippen molar-refractivity contribution in [2.75, 3.05) is 6.61 Å². The maximum atomic E-state index is 6.17. The Bertz CT molecular complexity index is 660. The summed E-state index contributed by atoms with van der Waals surface area (Å²) in [5, 5.41) is 0. The second-order valence-electron chi connectivity index (χ2n) is 6.42. The molecular weight excluding hydrogens is 312 g/mol. The van der Waals surface area contributed by atoms with Crippen LogP contribution in [0.15, 0.2) is 60.7 Å². The van der Waals surface area contributed by atoms with Crippen LogP contribution in [0, 0.1) is 6.92 Å². The van der Waals surface area contributed by atoms with Crippen LogP contribution in [0.25, 0.3) is 4.91 Å². The second-order valence-corrected chi connectivity index (χ2v) is 7.62. The van der Waals surface area contributed by atoms with E-state index >= 15 is 0 Å². The first kappa shape index (κ1) is 17.3. The van der Waals surface area contributed by atoms with Crippen LogP contribution >= 0.6 is 11.8 Å². The summed E-state index contributed by atoms with van der Waals surface area (Å²) >= 11 is 1.88. The smallest absolute Gasteiger partial charge is 0.108 e. The first-order valence-corrected chi connectivity index (χ1v) is 9.76. The number of benzene rings is 2. The van der Waals surface area contributed by atoms with Crippen LogP contribution in [0.2, 0.25) is 0 Å². The van der Waals surface area contributed by atoms with E-state index in [0.717, 1.165) is 19.4 Å². The molecule has 0 N–H and O–H groups in total. The van der Waals surface area contributed by atoms with Crippen molar-refractivity contribution in [3.05, 3.63) is 77.4 Å². The summed E-state index contributed by atoms with van der Waals surface area (Å²) in [5.74, 6) is 0.425. The Morgan fingerprint density at radius 2 is 1.79 bits per heavy atom. The van der Waals surface area contributed by atoms with Gasteiger partial charge in [0.2, 0.25) is 0 Å². The summed E-state index contributed by atoms with van der Waals surface area (Å²) in [6, 6.07) is 19.6. The van der Waals surface area contributed by atoms with Gasteiger partial charge in [0.25, 0.3) is 0 Å². The van der Waals surface area contributed by atoms with Crippen LogP contribution in [0.1, 0.15) is 48.8 Å². The third-order valence-corrected chi connectivity index (χ3v) is 5.64. The van der Waals surface area contributed by atoms with E-state index in [1.165, 1.54) is 28.0 Å². The zero-order valence-electron chi connectivity index (χ0n) is 14.6. The Morgan fingerprint density at radius 3 is 2.50 bits per heavy atom. The number of unbranched alkanes of at least 4 members (excludes halogenated alkanes) is 1. The lowest BCUT2D eigenvalue weighted by Gasteiger charge is -2.29. The number of allylic oxidation sites excluding steroid dienone is 1. The van der Waals surface area contributed by atoms with Gasteiger partial charge in [-0.3, -0.25) is 0 Å². The summed E-state index contributed by atoms with van der Waals surface area (Å²) in [4.78, 5) is 1.34. The summed E-state index contributed by atoms with van der Waals surface area (Å²) in [5.41, 5.74) is 4.23. The molecular formula is C22H26OS. The Hall–Kier alpha value is -1.51. The molecule has 0 fully saturated rings. The van der Waals surface area contributed by atoms with Gasteiger partial charge < -0.3 is 4.74 Å². The Kier molecular flexibility index (Phi) is 6.17. The van der Waals surface area contributed by atoms with Gasteiger partial charge in [0.1, 0.15) is 5.44 Å². The molecule has 0 spiro atoms. The monoisotopic (exact) mass is 338 g/mol. The molecule has 2 aromatic carbocycles. The van der Waals surface area contributed by atoms with Crippen molar-refractivity contribution >= 4 is 16.7 Å². The average molecular weight is 339 g/mol. The molecule has 1 nitrogen and oxygen atoms in total. The summed E-state index contributed by atoms with van der Waals surface area (Å²) in [7, 11) is 0. The van der Waals surface area contributed by atoms with Gasteiger partial charge in [-0.1, -0.05) is 91.3 Å². The molecule has 0 saturated carbocycles. The third-order valence-electron chi connectivity index (χ3n) is 4.42. The normalized spacial score (nSPS) is 20.7. The fraction of sp³-hybridized carbons (Fsp3) is 0.364. The largest absolute Gasteiger partial charge is 0.367 e. The lowest BCUT2D eigenvalue weighted by Crippen LogP contribution is -2.17. The number of hydrogen-bond donors (Lipinski definition) is 0. The SMILES string of the molecule is CCCCOC1CC(c2ccc(C)cc2)C=C(c2ccccc2)S1. The third kappa shape index (κ3) is 4.52. The van der Waals surface area contributed by atoms with Crippen LogP contribution in [0.5, 0.6) is 0 Å². The molecule has 2 heteroatoms. The summed E-state index contributed by atoms with van der Waals surface area (Å²) in [6.07, 6.45) is 5.79. The first-order chi connectivity index (χ1) is 11.8. The predicted octanol–water partition coefficient (Wildman–Crippen LogP) is 6.40. The fourth-order valence-corrected chi connectivity index (χ4v) is 4.23. The highest BCUT2D eigenvalue weighted by molar-refractivity contribution is 8.08. The number of ether oxygens (including phenoxy) is 1. The van der Waals surface area contributed by atoms with Crippen molar-refractivity contribution in [1.29, 1.82) is 0 Å². The van der Waals surface area contributed by atoms with Crippen LogP contribution in [-0.2, 0) is 4.74 Å². The highest BCUT2D eigenvalue weighted by Crippen LogP contribution is 2.43. The van der Waals surface area contributed by atoms with Crippen LogP contribution < -0.4 is 0 Å². The molecule has 126 valence electrons. The van der Waals surface area contributed by atoms with Gasteiger partial charge in [0.15, 0.2) is 0 Å². The van der Waals surface area contributed by atoms with Crippen molar-refractivity contribution in [3.8, 4) is 0 Å². The zero-order chi connectivity index (χ0) is 16.8. The van der Waals surface area contributed by atoms with E-state index in [9.17, 15) is 0 Å². The van der Waals surface area contributed by atoms with Gasteiger partial charge in [-0.2, -0.15) is 0 Å². The first-order valence-electron chi connectivity index (χ1n) is 8.88. The zero-order valence-corrected chi connectivity index (χ0v) is 15.4. The number of hydrogen-bond acceptors (Lipinski definition) is 2. The average Bonchev–Trinajstić information content (AvgIpc) is 2.63. The number of thioether (sulfide) groups is 1. The molecule has 1 aliphatic heterocycles. The molecule has 1 aliphatic rings. The predicted molar refractivity (Wildman–Crippen MR) is 105 cm³/mol. The molecule has 2 unspecified atom stereocenters. The van der Waals surface area contributed by atoms with E-state index in [0.29, 0.717) is 5.92 Å². The molecule has 1 heterocycles. The van der Waals surface area contributed by atoms with E-state index in [4.69, 9.17) is 4.74 Å². The van der Waals surface area contributed by atoms with Crippen molar-refractivity contribution in [2.24, 2.45) is 0 Å². The highest BCUT2D eigenvalue weighted by Gasteiger charge is 2.25. The van der Waals surface area contributed by atoms with Crippen LogP contribution in [-0.4, -0.2) is 12.0 Å². The van der Waals surface area contributed by atoms with Crippen LogP contribution in [0.3, 0.4) is 0 Å². The topological polar surface area (TPSA) is 9.23 Å². The van der Waals surface area contributed by atoms with Crippen molar-refractivity contribution in [1.82, 2.24) is 0 Å². The van der Waals surface area contributed by atoms with E-state index in [1.807, 2.05) is 11.8 Å². The molecule has 0 aromatic heterocycles. The number of aryl methyl sites for hydroxylation is 1. The van der Waals surface area contributed by atoms with E-state index in [2.05, 4.69) is 74.5 Å². The Balaban J connectivity index is 1.84. The highest BCUT2D eigenvalue weighted by atomic mass is 32.2. The summed E-state index contributed by atoms with van der Waals surface area (Å²) in [6.45, 7) is 5.21. The molecule has 2 atom stereocenters.